The number of aromatic nitrogens is 3. The Labute approximate surface area is 147 Å². The zero-order valence-electron chi connectivity index (χ0n) is 13.9. The van der Waals surface area contributed by atoms with Crippen LogP contribution in [0.4, 0.5) is 13.2 Å². The third-order valence-electron chi connectivity index (χ3n) is 3.92. The van der Waals surface area contributed by atoms with Gasteiger partial charge in [0.05, 0.1) is 12.1 Å². The maximum Gasteiger partial charge on any atom is 0.387 e. The number of aryl methyl sites for hydroxylation is 1. The van der Waals surface area contributed by atoms with Gasteiger partial charge in [-0.3, -0.25) is 4.79 Å². The van der Waals surface area contributed by atoms with E-state index in [2.05, 4.69) is 20.1 Å². The number of hydrogen-bond acceptors (Lipinski definition) is 5. The molecule has 0 saturated heterocycles. The van der Waals surface area contributed by atoms with Crippen molar-refractivity contribution in [3.63, 3.8) is 0 Å². The molecular formula is C16H17F3N4O3. The van der Waals surface area contributed by atoms with Crippen molar-refractivity contribution in [2.24, 2.45) is 0 Å². The molecule has 1 atom stereocenters. The molecule has 7 nitrogen and oxygen atoms in total. The van der Waals surface area contributed by atoms with Crippen molar-refractivity contribution >= 4 is 5.91 Å². The molecule has 1 aromatic carbocycles. The van der Waals surface area contributed by atoms with Gasteiger partial charge in [0.25, 0.3) is 5.91 Å². The van der Waals surface area contributed by atoms with Gasteiger partial charge in [-0.25, -0.2) is 14.1 Å². The number of halogens is 3. The molecule has 0 spiro atoms. The van der Waals surface area contributed by atoms with E-state index in [9.17, 15) is 18.0 Å². The standard InChI is InChI=1S/C16H17F3N4O3/c1-25-8-13-21-14-5-2-9(7-23(14)22-13)20-15(24)11-6-10(26-16(18)19)3-4-12(11)17/h3-4,6,9,16H,2,5,7-8H2,1H3,(H,20,24). The number of ether oxygens (including phenoxy) is 2. The van der Waals surface area contributed by atoms with E-state index < -0.39 is 18.3 Å². The van der Waals surface area contributed by atoms with E-state index in [1.165, 1.54) is 0 Å². The number of amides is 1. The van der Waals surface area contributed by atoms with Crippen LogP contribution in [0.1, 0.15) is 28.4 Å². The van der Waals surface area contributed by atoms with Crippen LogP contribution in [0.25, 0.3) is 0 Å². The van der Waals surface area contributed by atoms with Gasteiger partial charge in [-0.2, -0.15) is 13.9 Å². The van der Waals surface area contributed by atoms with E-state index in [1.807, 2.05) is 0 Å². The summed E-state index contributed by atoms with van der Waals surface area (Å²) in [5.74, 6) is -0.451. The SMILES string of the molecule is COCc1nc2n(n1)CC(NC(=O)c1cc(OC(F)F)ccc1F)CC2. The van der Waals surface area contributed by atoms with Crippen LogP contribution >= 0.6 is 0 Å². The molecule has 1 amide bonds. The first-order valence-electron chi connectivity index (χ1n) is 7.93. The summed E-state index contributed by atoms with van der Waals surface area (Å²) in [6.07, 6.45) is 1.20. The Balaban J connectivity index is 1.68. The van der Waals surface area contributed by atoms with Crippen molar-refractivity contribution in [1.82, 2.24) is 20.1 Å². The van der Waals surface area contributed by atoms with E-state index in [0.29, 0.717) is 31.8 Å². The van der Waals surface area contributed by atoms with Gasteiger partial charge in [-0.1, -0.05) is 0 Å². The fourth-order valence-electron chi connectivity index (χ4n) is 2.79. The van der Waals surface area contributed by atoms with Crippen LogP contribution in [0.5, 0.6) is 5.75 Å². The number of hydrogen-bond donors (Lipinski definition) is 1. The number of nitrogens with one attached hydrogen (secondary N) is 1. The average molecular weight is 370 g/mol. The lowest BCUT2D eigenvalue weighted by Crippen LogP contribution is -2.41. The molecule has 0 fully saturated rings. The zero-order valence-corrected chi connectivity index (χ0v) is 13.9. The minimum Gasteiger partial charge on any atom is -0.435 e. The minimum absolute atomic E-state index is 0.280. The molecule has 0 aliphatic carbocycles. The molecule has 2 heterocycles. The fourth-order valence-corrected chi connectivity index (χ4v) is 2.79. The number of fused-ring (bicyclic) bond motifs is 1. The smallest absolute Gasteiger partial charge is 0.387 e. The summed E-state index contributed by atoms with van der Waals surface area (Å²) >= 11 is 0. The number of alkyl halides is 2. The molecule has 0 radical (unpaired) electrons. The van der Waals surface area contributed by atoms with E-state index >= 15 is 0 Å². The highest BCUT2D eigenvalue weighted by molar-refractivity contribution is 5.95. The highest BCUT2D eigenvalue weighted by Crippen LogP contribution is 2.20. The molecule has 0 bridgehead atoms. The maximum atomic E-state index is 13.9. The lowest BCUT2D eigenvalue weighted by molar-refractivity contribution is -0.0499. The van der Waals surface area contributed by atoms with Crippen LogP contribution in [-0.2, 0) is 24.3 Å². The van der Waals surface area contributed by atoms with Gasteiger partial charge in [-0.05, 0) is 24.6 Å². The number of carbonyl (C=O) groups is 1. The number of benzene rings is 1. The molecule has 1 N–H and O–H groups in total. The fraction of sp³-hybridized carbons (Fsp3) is 0.438. The summed E-state index contributed by atoms with van der Waals surface area (Å²) in [7, 11) is 1.55. The third-order valence-corrected chi connectivity index (χ3v) is 3.92. The van der Waals surface area contributed by atoms with E-state index in [-0.39, 0.29) is 17.4 Å². The summed E-state index contributed by atoms with van der Waals surface area (Å²) in [6.45, 7) is -2.38. The van der Waals surface area contributed by atoms with Gasteiger partial charge in [0, 0.05) is 19.6 Å². The Morgan fingerprint density at radius 2 is 2.27 bits per heavy atom. The largest absolute Gasteiger partial charge is 0.435 e. The molecule has 2 aromatic rings. The van der Waals surface area contributed by atoms with Crippen molar-refractivity contribution in [1.29, 1.82) is 0 Å². The Kier molecular flexibility index (Phi) is 5.40. The molecule has 1 unspecified atom stereocenters. The van der Waals surface area contributed by atoms with Gasteiger partial charge in [-0.15, -0.1) is 0 Å². The highest BCUT2D eigenvalue weighted by Gasteiger charge is 2.24. The zero-order chi connectivity index (χ0) is 18.7. The molecule has 26 heavy (non-hydrogen) atoms. The predicted octanol–water partition coefficient (Wildman–Crippen LogP) is 1.91. The van der Waals surface area contributed by atoms with Crippen molar-refractivity contribution < 1.29 is 27.4 Å². The lowest BCUT2D eigenvalue weighted by Gasteiger charge is -2.23. The summed E-state index contributed by atoms with van der Waals surface area (Å²) in [6, 6.07) is 2.63. The van der Waals surface area contributed by atoms with Gasteiger partial charge >= 0.3 is 6.61 Å². The van der Waals surface area contributed by atoms with Crippen LogP contribution in [0.3, 0.4) is 0 Å². The van der Waals surface area contributed by atoms with Crippen molar-refractivity contribution in [2.75, 3.05) is 7.11 Å². The molecule has 3 rings (SSSR count). The molecule has 1 aliphatic rings. The minimum atomic E-state index is -3.05. The van der Waals surface area contributed by atoms with Crippen LogP contribution in [0, 0.1) is 5.82 Å². The Hall–Kier alpha value is -2.62. The number of carbonyl (C=O) groups excluding carboxylic acids is 1. The normalized spacial score (nSPS) is 16.4. The summed E-state index contributed by atoms with van der Waals surface area (Å²) in [5, 5.41) is 6.98. The molecule has 10 heteroatoms. The summed E-state index contributed by atoms with van der Waals surface area (Å²) in [4.78, 5) is 16.7. The quantitative estimate of drug-likeness (QED) is 0.841. The molecule has 140 valence electrons. The number of nitrogens with zero attached hydrogens (tertiary/aromatic N) is 3. The first-order chi connectivity index (χ1) is 12.5. The number of rotatable bonds is 6. The second kappa shape index (κ2) is 7.73. The topological polar surface area (TPSA) is 78.3 Å². The van der Waals surface area contributed by atoms with Crippen LogP contribution in [-0.4, -0.2) is 40.4 Å². The van der Waals surface area contributed by atoms with Crippen molar-refractivity contribution in [3.8, 4) is 5.75 Å². The first-order valence-corrected chi connectivity index (χ1v) is 7.93. The van der Waals surface area contributed by atoms with Crippen LogP contribution < -0.4 is 10.1 Å². The van der Waals surface area contributed by atoms with E-state index in [4.69, 9.17) is 4.74 Å². The van der Waals surface area contributed by atoms with Crippen LogP contribution in [0.15, 0.2) is 18.2 Å². The van der Waals surface area contributed by atoms with Crippen molar-refractivity contribution in [3.05, 3.63) is 41.2 Å². The average Bonchev–Trinajstić information content (AvgIpc) is 2.98. The second-order valence-electron chi connectivity index (χ2n) is 5.79. The summed E-state index contributed by atoms with van der Waals surface area (Å²) in [5.41, 5.74) is -0.354. The van der Waals surface area contributed by atoms with Gasteiger partial charge in [0.1, 0.15) is 24.0 Å². The Morgan fingerprint density at radius 1 is 1.46 bits per heavy atom. The molecule has 1 aromatic heterocycles. The summed E-state index contributed by atoms with van der Waals surface area (Å²) < 4.78 is 49.3. The Morgan fingerprint density at radius 3 is 3.00 bits per heavy atom. The highest BCUT2D eigenvalue weighted by atomic mass is 19.3. The van der Waals surface area contributed by atoms with E-state index in [0.717, 1.165) is 24.0 Å². The lowest BCUT2D eigenvalue weighted by atomic mass is 10.1. The molecule has 0 saturated carbocycles. The van der Waals surface area contributed by atoms with E-state index in [1.54, 1.807) is 11.8 Å². The van der Waals surface area contributed by atoms with Crippen LogP contribution in [0.2, 0.25) is 0 Å². The van der Waals surface area contributed by atoms with Gasteiger partial charge in [0.2, 0.25) is 0 Å². The maximum absolute atomic E-state index is 13.9. The van der Waals surface area contributed by atoms with Gasteiger partial charge in [0.15, 0.2) is 5.82 Å². The second-order valence-corrected chi connectivity index (χ2v) is 5.79. The molecule has 1 aliphatic heterocycles. The monoisotopic (exact) mass is 370 g/mol. The van der Waals surface area contributed by atoms with Gasteiger partial charge < -0.3 is 14.8 Å². The van der Waals surface area contributed by atoms with Crippen molar-refractivity contribution in [2.45, 2.75) is 38.6 Å². The number of methoxy groups -OCH3 is 1. The Bertz CT molecular complexity index is 797. The first kappa shape index (κ1) is 18.2. The predicted molar refractivity (Wildman–Crippen MR) is 83.3 cm³/mol. The third kappa shape index (κ3) is 4.13. The molecular weight excluding hydrogens is 353 g/mol.